The highest BCUT2D eigenvalue weighted by molar-refractivity contribution is 5.83. The second-order valence-corrected chi connectivity index (χ2v) is 6.72. The van der Waals surface area contributed by atoms with E-state index in [0.29, 0.717) is 12.2 Å². The van der Waals surface area contributed by atoms with E-state index in [9.17, 15) is 9.90 Å². The zero-order chi connectivity index (χ0) is 18.0. The molecule has 3 rings (SSSR count). The molecule has 0 aliphatic carbocycles. The summed E-state index contributed by atoms with van der Waals surface area (Å²) in [4.78, 5) is 20.8. The van der Waals surface area contributed by atoms with Gasteiger partial charge in [-0.1, -0.05) is 0 Å². The Bertz CT molecular complexity index is 918. The third-order valence-electron chi connectivity index (χ3n) is 3.79. The summed E-state index contributed by atoms with van der Waals surface area (Å²) in [6, 6.07) is 5.75. The van der Waals surface area contributed by atoms with E-state index >= 15 is 0 Å². The monoisotopic (exact) mass is 340 g/mol. The van der Waals surface area contributed by atoms with Crippen LogP contribution in [0.15, 0.2) is 52.5 Å². The van der Waals surface area contributed by atoms with Gasteiger partial charge in [-0.2, -0.15) is 0 Å². The summed E-state index contributed by atoms with van der Waals surface area (Å²) in [7, 11) is 0. The molecule has 0 aromatic carbocycles. The van der Waals surface area contributed by atoms with Crippen molar-refractivity contribution < 1.29 is 14.3 Å². The predicted octanol–water partition coefficient (Wildman–Crippen LogP) is 4.12. The molecule has 3 aromatic rings. The molecule has 0 fully saturated rings. The molecule has 1 N–H and O–H groups in total. The first kappa shape index (κ1) is 16.8. The predicted molar refractivity (Wildman–Crippen MR) is 95.3 cm³/mol. The lowest BCUT2D eigenvalue weighted by atomic mass is 10.1. The highest BCUT2D eigenvalue weighted by Gasteiger charge is 2.24. The number of hydrogen-bond acceptors (Lipinski definition) is 4. The summed E-state index contributed by atoms with van der Waals surface area (Å²) in [6.07, 6.45) is 7.33. The Labute approximate surface area is 145 Å². The van der Waals surface area contributed by atoms with Crippen molar-refractivity contribution in [1.82, 2.24) is 14.5 Å². The molecule has 0 radical (unpaired) electrons. The number of aromatic nitrogens is 2. The number of rotatable bonds is 4. The highest BCUT2D eigenvalue weighted by Crippen LogP contribution is 2.21. The fourth-order valence-electron chi connectivity index (χ4n) is 2.50. The number of carboxylic acid groups (broad SMARTS) is 1. The molecule has 0 spiro atoms. The first-order valence-corrected chi connectivity index (χ1v) is 7.87. The van der Waals surface area contributed by atoms with Gasteiger partial charge in [-0.3, -0.25) is 9.88 Å². The molecule has 0 unspecified atom stereocenters. The summed E-state index contributed by atoms with van der Waals surface area (Å²) in [5.74, 6) is 0.735. The quantitative estimate of drug-likeness (QED) is 0.572. The third kappa shape index (κ3) is 3.71. The van der Waals surface area contributed by atoms with Crippen LogP contribution in [-0.2, 0) is 6.54 Å². The number of amides is 1. The van der Waals surface area contributed by atoms with Crippen LogP contribution in [0, 0.1) is 0 Å². The summed E-state index contributed by atoms with van der Waals surface area (Å²) in [6.45, 7) is 5.98. The Morgan fingerprint density at radius 1 is 1.44 bits per heavy atom. The van der Waals surface area contributed by atoms with Crippen molar-refractivity contribution >= 4 is 29.0 Å². The summed E-state index contributed by atoms with van der Waals surface area (Å²) < 4.78 is 7.61. The van der Waals surface area contributed by atoms with Gasteiger partial charge in [-0.05, 0) is 32.9 Å². The standard InChI is InChI=1S/C18H20N4O3/c1-18(2,3)22(17(23)24)12-20-14-8-15(25-11-14)10-21-7-5-13-9-19-6-4-16(13)21/h4-9,11-12H,10H2,1-3H3,(H,23,24). The SMILES string of the molecule is CC(C)(C)N(C=Nc1coc(Cn2ccc3cnccc32)c1)C(=O)O. The molecule has 0 aliphatic rings. The lowest BCUT2D eigenvalue weighted by molar-refractivity contribution is 0.143. The van der Waals surface area contributed by atoms with Crippen molar-refractivity contribution in [3.8, 4) is 0 Å². The molecular weight excluding hydrogens is 320 g/mol. The number of aliphatic imine (C=N–C) groups is 1. The average molecular weight is 340 g/mol. The van der Waals surface area contributed by atoms with Gasteiger partial charge >= 0.3 is 6.09 Å². The number of hydrogen-bond donors (Lipinski definition) is 1. The largest absolute Gasteiger partial charge is 0.465 e. The van der Waals surface area contributed by atoms with Crippen LogP contribution in [-0.4, -0.2) is 37.5 Å². The van der Waals surface area contributed by atoms with Gasteiger partial charge < -0.3 is 14.1 Å². The van der Waals surface area contributed by atoms with Crippen molar-refractivity contribution in [3.05, 3.63) is 48.8 Å². The van der Waals surface area contributed by atoms with E-state index in [4.69, 9.17) is 4.42 Å². The van der Waals surface area contributed by atoms with E-state index in [-0.39, 0.29) is 0 Å². The molecule has 0 atom stereocenters. The van der Waals surface area contributed by atoms with Crippen molar-refractivity contribution in [2.45, 2.75) is 32.9 Å². The zero-order valence-electron chi connectivity index (χ0n) is 14.4. The van der Waals surface area contributed by atoms with Gasteiger partial charge in [-0.25, -0.2) is 9.79 Å². The minimum atomic E-state index is -1.05. The summed E-state index contributed by atoms with van der Waals surface area (Å²) >= 11 is 0. The molecule has 25 heavy (non-hydrogen) atoms. The zero-order valence-corrected chi connectivity index (χ0v) is 14.4. The van der Waals surface area contributed by atoms with Crippen molar-refractivity contribution in [1.29, 1.82) is 0 Å². The van der Waals surface area contributed by atoms with Gasteiger partial charge in [0.2, 0.25) is 0 Å². The minimum absolute atomic E-state index is 0.560. The van der Waals surface area contributed by atoms with Crippen LogP contribution in [0.3, 0.4) is 0 Å². The molecule has 1 amide bonds. The maximum atomic E-state index is 11.3. The van der Waals surface area contributed by atoms with Crippen LogP contribution < -0.4 is 0 Å². The lowest BCUT2D eigenvalue weighted by Crippen LogP contribution is -2.43. The number of fused-ring (bicyclic) bond motifs is 1. The summed E-state index contributed by atoms with van der Waals surface area (Å²) in [5.41, 5.74) is 1.07. The highest BCUT2D eigenvalue weighted by atomic mass is 16.4. The normalized spacial score (nSPS) is 12.1. The van der Waals surface area contributed by atoms with Gasteiger partial charge in [0.05, 0.1) is 12.1 Å². The molecule has 0 saturated heterocycles. The van der Waals surface area contributed by atoms with E-state index in [1.54, 1.807) is 33.0 Å². The van der Waals surface area contributed by atoms with Gasteiger partial charge in [0.15, 0.2) is 0 Å². The topological polar surface area (TPSA) is 83.9 Å². The Morgan fingerprint density at radius 2 is 2.24 bits per heavy atom. The van der Waals surface area contributed by atoms with Crippen LogP contribution in [0.1, 0.15) is 26.5 Å². The second kappa shape index (κ2) is 6.43. The van der Waals surface area contributed by atoms with E-state index in [0.717, 1.165) is 21.6 Å². The first-order chi connectivity index (χ1) is 11.8. The van der Waals surface area contributed by atoms with E-state index in [1.807, 2.05) is 24.5 Å². The molecule has 0 bridgehead atoms. The van der Waals surface area contributed by atoms with Crippen LogP contribution in [0.2, 0.25) is 0 Å². The van der Waals surface area contributed by atoms with Crippen LogP contribution >= 0.6 is 0 Å². The Morgan fingerprint density at radius 3 is 2.96 bits per heavy atom. The van der Waals surface area contributed by atoms with Crippen molar-refractivity contribution in [3.63, 3.8) is 0 Å². The van der Waals surface area contributed by atoms with E-state index in [2.05, 4.69) is 14.5 Å². The average Bonchev–Trinajstić information content (AvgIpc) is 3.14. The van der Waals surface area contributed by atoms with Gasteiger partial charge in [0.25, 0.3) is 0 Å². The fraction of sp³-hybridized carbons (Fsp3) is 0.278. The van der Waals surface area contributed by atoms with Gasteiger partial charge in [0, 0.05) is 35.6 Å². The van der Waals surface area contributed by atoms with Crippen molar-refractivity contribution in [2.75, 3.05) is 0 Å². The number of nitrogens with zero attached hydrogens (tertiary/aromatic N) is 4. The first-order valence-electron chi connectivity index (χ1n) is 7.87. The molecule has 0 aliphatic heterocycles. The van der Waals surface area contributed by atoms with Crippen molar-refractivity contribution in [2.24, 2.45) is 4.99 Å². The van der Waals surface area contributed by atoms with E-state index in [1.165, 1.54) is 12.6 Å². The van der Waals surface area contributed by atoms with Crippen LogP contribution in [0.4, 0.5) is 10.5 Å². The molecule has 7 nitrogen and oxygen atoms in total. The molecular formula is C18H20N4O3. The second-order valence-electron chi connectivity index (χ2n) is 6.72. The van der Waals surface area contributed by atoms with Gasteiger partial charge in [-0.15, -0.1) is 0 Å². The third-order valence-corrected chi connectivity index (χ3v) is 3.79. The number of furan rings is 1. The Balaban J connectivity index is 1.76. The van der Waals surface area contributed by atoms with Crippen LogP contribution in [0.25, 0.3) is 10.9 Å². The van der Waals surface area contributed by atoms with Gasteiger partial charge in [0.1, 0.15) is 24.0 Å². The Hall–Kier alpha value is -3.09. The maximum absolute atomic E-state index is 11.3. The van der Waals surface area contributed by atoms with Crippen LogP contribution in [0.5, 0.6) is 0 Å². The minimum Gasteiger partial charge on any atom is -0.465 e. The molecule has 3 aromatic heterocycles. The lowest BCUT2D eigenvalue weighted by Gasteiger charge is -2.28. The Kier molecular flexibility index (Phi) is 4.31. The number of pyridine rings is 1. The fourth-order valence-corrected chi connectivity index (χ4v) is 2.50. The molecule has 0 saturated carbocycles. The smallest absolute Gasteiger partial charge is 0.413 e. The molecule has 3 heterocycles. The maximum Gasteiger partial charge on any atom is 0.413 e. The molecule has 130 valence electrons. The molecule has 7 heteroatoms. The number of carbonyl (C=O) groups is 1. The summed E-state index contributed by atoms with van der Waals surface area (Å²) in [5, 5.41) is 10.3. The van der Waals surface area contributed by atoms with E-state index < -0.39 is 11.6 Å².